The zero-order chi connectivity index (χ0) is 16.9. The number of pyridine rings is 1. The highest BCUT2D eigenvalue weighted by Gasteiger charge is 2.13. The van der Waals surface area contributed by atoms with Crippen LogP contribution in [-0.2, 0) is 9.53 Å². The second-order valence-corrected chi connectivity index (χ2v) is 5.06. The van der Waals surface area contributed by atoms with Crippen molar-refractivity contribution in [2.75, 3.05) is 11.9 Å². The zero-order valence-corrected chi connectivity index (χ0v) is 12.6. The van der Waals surface area contributed by atoms with Crippen LogP contribution in [-0.4, -0.2) is 23.5 Å². The fraction of sp³-hybridized carbons (Fsp3) is 0.0556. The van der Waals surface area contributed by atoms with Crippen LogP contribution < -0.4 is 10.9 Å². The Morgan fingerprint density at radius 1 is 1.00 bits per heavy atom. The third kappa shape index (κ3) is 3.33. The maximum atomic E-state index is 12.0. The van der Waals surface area contributed by atoms with Crippen molar-refractivity contribution in [2.24, 2.45) is 0 Å². The van der Waals surface area contributed by atoms with Gasteiger partial charge in [-0.15, -0.1) is 0 Å². The van der Waals surface area contributed by atoms with E-state index in [2.05, 4.69) is 10.3 Å². The Morgan fingerprint density at radius 3 is 2.62 bits per heavy atom. The van der Waals surface area contributed by atoms with Gasteiger partial charge in [0.2, 0.25) is 0 Å². The number of aromatic nitrogens is 1. The van der Waals surface area contributed by atoms with E-state index in [1.54, 1.807) is 6.07 Å². The van der Waals surface area contributed by atoms with Crippen molar-refractivity contribution in [1.29, 1.82) is 0 Å². The normalized spacial score (nSPS) is 10.3. The lowest BCUT2D eigenvalue weighted by molar-refractivity contribution is -0.119. The highest BCUT2D eigenvalue weighted by Crippen LogP contribution is 2.22. The molecular weight excluding hydrogens is 308 g/mol. The molecule has 0 aliphatic rings. The van der Waals surface area contributed by atoms with Crippen molar-refractivity contribution in [1.82, 2.24) is 4.98 Å². The Hall–Kier alpha value is -3.41. The van der Waals surface area contributed by atoms with Gasteiger partial charge in [0, 0.05) is 17.3 Å². The van der Waals surface area contributed by atoms with Crippen LogP contribution in [0.1, 0.15) is 10.4 Å². The number of hydrogen-bond donors (Lipinski definition) is 2. The smallest absolute Gasteiger partial charge is 0.344 e. The monoisotopic (exact) mass is 322 g/mol. The lowest BCUT2D eigenvalue weighted by atomic mass is 10.1. The van der Waals surface area contributed by atoms with Crippen molar-refractivity contribution in [3.8, 4) is 0 Å². The Morgan fingerprint density at radius 2 is 1.79 bits per heavy atom. The van der Waals surface area contributed by atoms with Gasteiger partial charge in [-0.1, -0.05) is 36.4 Å². The molecule has 0 aliphatic carbocycles. The van der Waals surface area contributed by atoms with E-state index < -0.39 is 24.0 Å². The van der Waals surface area contributed by atoms with Crippen molar-refractivity contribution < 1.29 is 14.3 Å². The van der Waals surface area contributed by atoms with Crippen LogP contribution in [0.3, 0.4) is 0 Å². The number of nitrogens with one attached hydrogen (secondary N) is 2. The molecule has 0 atom stereocenters. The van der Waals surface area contributed by atoms with Crippen molar-refractivity contribution >= 4 is 28.3 Å². The number of ether oxygens (including phenoxy) is 1. The molecule has 6 heteroatoms. The molecule has 1 heterocycles. The van der Waals surface area contributed by atoms with Gasteiger partial charge >= 0.3 is 5.97 Å². The summed E-state index contributed by atoms with van der Waals surface area (Å²) in [6, 6.07) is 16.0. The van der Waals surface area contributed by atoms with Crippen molar-refractivity contribution in [2.45, 2.75) is 0 Å². The third-order valence-electron chi connectivity index (χ3n) is 3.44. The number of carbonyl (C=O) groups is 2. The van der Waals surface area contributed by atoms with Gasteiger partial charge in [-0.05, 0) is 23.6 Å². The summed E-state index contributed by atoms with van der Waals surface area (Å²) in [7, 11) is 0. The highest BCUT2D eigenvalue weighted by atomic mass is 16.5. The first-order valence-corrected chi connectivity index (χ1v) is 7.27. The molecule has 120 valence electrons. The number of hydrogen-bond acceptors (Lipinski definition) is 4. The molecule has 0 saturated carbocycles. The molecule has 0 bridgehead atoms. The SMILES string of the molecule is O=C(COC(=O)c1ccc[nH]c1=O)Nc1cccc2ccccc12. The first-order valence-electron chi connectivity index (χ1n) is 7.27. The van der Waals surface area contributed by atoms with Gasteiger partial charge in [-0.2, -0.15) is 0 Å². The van der Waals surface area contributed by atoms with E-state index in [9.17, 15) is 14.4 Å². The van der Waals surface area contributed by atoms with E-state index in [-0.39, 0.29) is 5.56 Å². The van der Waals surface area contributed by atoms with Crippen LogP contribution in [0.4, 0.5) is 5.69 Å². The topological polar surface area (TPSA) is 88.3 Å². The maximum Gasteiger partial charge on any atom is 0.344 e. The lowest BCUT2D eigenvalue weighted by Crippen LogP contribution is -2.24. The molecule has 6 nitrogen and oxygen atoms in total. The minimum atomic E-state index is -0.843. The first kappa shape index (κ1) is 15.5. The fourth-order valence-corrected chi connectivity index (χ4v) is 2.31. The Balaban J connectivity index is 1.67. The van der Waals surface area contributed by atoms with Crippen LogP contribution in [0.2, 0.25) is 0 Å². The van der Waals surface area contributed by atoms with Gasteiger partial charge < -0.3 is 15.0 Å². The van der Waals surface area contributed by atoms with Crippen LogP contribution >= 0.6 is 0 Å². The van der Waals surface area contributed by atoms with Crippen molar-refractivity contribution in [3.63, 3.8) is 0 Å². The van der Waals surface area contributed by atoms with E-state index in [1.807, 2.05) is 36.4 Å². The minimum absolute atomic E-state index is 0.143. The minimum Gasteiger partial charge on any atom is -0.452 e. The molecule has 3 aromatic rings. The molecule has 0 aliphatic heterocycles. The Labute approximate surface area is 137 Å². The highest BCUT2D eigenvalue weighted by molar-refractivity contribution is 6.03. The van der Waals surface area contributed by atoms with Gasteiger partial charge in [-0.25, -0.2) is 4.79 Å². The van der Waals surface area contributed by atoms with E-state index in [0.717, 1.165) is 10.8 Å². The van der Waals surface area contributed by atoms with Gasteiger partial charge in [0.15, 0.2) is 6.61 Å². The average molecular weight is 322 g/mol. The molecule has 1 aromatic heterocycles. The summed E-state index contributed by atoms with van der Waals surface area (Å²) in [4.78, 5) is 37.7. The van der Waals surface area contributed by atoms with E-state index >= 15 is 0 Å². The molecule has 2 N–H and O–H groups in total. The summed E-state index contributed by atoms with van der Waals surface area (Å²) in [6.07, 6.45) is 1.41. The number of anilines is 1. The van der Waals surface area contributed by atoms with Gasteiger partial charge in [0.05, 0.1) is 0 Å². The number of amides is 1. The third-order valence-corrected chi connectivity index (χ3v) is 3.44. The summed E-state index contributed by atoms with van der Waals surface area (Å²) >= 11 is 0. The summed E-state index contributed by atoms with van der Waals surface area (Å²) < 4.78 is 4.88. The predicted molar refractivity (Wildman–Crippen MR) is 89.9 cm³/mol. The molecule has 1 amide bonds. The summed E-state index contributed by atoms with van der Waals surface area (Å²) in [5.74, 6) is -1.32. The lowest BCUT2D eigenvalue weighted by Gasteiger charge is -2.09. The number of fused-ring (bicyclic) bond motifs is 1. The maximum absolute atomic E-state index is 12.0. The van der Waals surface area contributed by atoms with Gasteiger partial charge in [-0.3, -0.25) is 9.59 Å². The molecule has 24 heavy (non-hydrogen) atoms. The number of aromatic amines is 1. The van der Waals surface area contributed by atoms with Crippen LogP contribution in [0.15, 0.2) is 65.6 Å². The number of benzene rings is 2. The van der Waals surface area contributed by atoms with E-state index in [1.165, 1.54) is 18.3 Å². The van der Waals surface area contributed by atoms with Crippen LogP contribution in [0, 0.1) is 0 Å². The van der Waals surface area contributed by atoms with Gasteiger partial charge in [0.25, 0.3) is 11.5 Å². The molecule has 2 aromatic carbocycles. The van der Waals surface area contributed by atoms with E-state index in [4.69, 9.17) is 4.74 Å². The molecule has 0 radical (unpaired) electrons. The quantitative estimate of drug-likeness (QED) is 0.722. The number of rotatable bonds is 4. The fourth-order valence-electron chi connectivity index (χ4n) is 2.31. The Kier molecular flexibility index (Phi) is 4.38. The number of esters is 1. The molecule has 3 rings (SSSR count). The van der Waals surface area contributed by atoms with Crippen molar-refractivity contribution in [3.05, 3.63) is 76.7 Å². The first-order chi connectivity index (χ1) is 11.6. The number of H-pyrrole nitrogens is 1. The predicted octanol–water partition coefficient (Wildman–Crippen LogP) is 2.32. The molecular formula is C18H14N2O4. The zero-order valence-electron chi connectivity index (χ0n) is 12.6. The summed E-state index contributed by atoms with van der Waals surface area (Å²) in [5, 5.41) is 4.58. The molecule has 0 saturated heterocycles. The van der Waals surface area contributed by atoms with Gasteiger partial charge in [0.1, 0.15) is 5.56 Å². The molecule has 0 fully saturated rings. The second-order valence-electron chi connectivity index (χ2n) is 5.06. The molecule has 0 unspecified atom stereocenters. The van der Waals surface area contributed by atoms with Crippen LogP contribution in [0.5, 0.6) is 0 Å². The van der Waals surface area contributed by atoms with E-state index in [0.29, 0.717) is 5.69 Å². The second kappa shape index (κ2) is 6.78. The molecule has 0 spiro atoms. The summed E-state index contributed by atoms with van der Waals surface area (Å²) in [5.41, 5.74) is -0.0703. The number of carbonyl (C=O) groups excluding carboxylic acids is 2. The standard InChI is InChI=1S/C18H14N2O4/c21-16(11-24-18(23)14-8-4-10-19-17(14)22)20-15-9-3-6-12-5-1-2-7-13(12)15/h1-10H,11H2,(H,19,22)(H,20,21). The average Bonchev–Trinajstić information content (AvgIpc) is 2.60. The Bertz CT molecular complexity index is 957. The largest absolute Gasteiger partial charge is 0.452 e. The summed E-state index contributed by atoms with van der Waals surface area (Å²) in [6.45, 7) is -0.476. The van der Waals surface area contributed by atoms with Crippen LogP contribution in [0.25, 0.3) is 10.8 Å².